The molecule has 10 heteroatoms. The Morgan fingerprint density at radius 3 is 2.80 bits per heavy atom. The fourth-order valence-corrected chi connectivity index (χ4v) is 5.72. The zero-order chi connectivity index (χ0) is 24.7. The van der Waals surface area contributed by atoms with Crippen LogP contribution in [0.3, 0.4) is 0 Å². The summed E-state index contributed by atoms with van der Waals surface area (Å²) in [6.45, 7) is 3.89. The predicted molar refractivity (Wildman–Crippen MR) is 134 cm³/mol. The normalized spacial score (nSPS) is 16.7. The summed E-state index contributed by atoms with van der Waals surface area (Å²) in [4.78, 5) is 31.8. The maximum atomic E-state index is 13.7. The fraction of sp³-hybridized carbons (Fsp3) is 0.240. The van der Waals surface area contributed by atoms with Gasteiger partial charge >= 0.3 is 5.97 Å². The topological polar surface area (TPSA) is 88.4 Å². The van der Waals surface area contributed by atoms with Crippen molar-refractivity contribution in [2.24, 2.45) is 4.99 Å². The minimum Gasteiger partial charge on any atom is -0.496 e. The highest BCUT2D eigenvalue weighted by Crippen LogP contribution is 2.35. The Labute approximate surface area is 212 Å². The summed E-state index contributed by atoms with van der Waals surface area (Å²) in [6, 6.07) is 10.3. The first kappa shape index (κ1) is 23.4. The molecule has 0 unspecified atom stereocenters. The number of thiazole rings is 1. The van der Waals surface area contributed by atoms with Gasteiger partial charge in [-0.15, -0.1) is 0 Å². The van der Waals surface area contributed by atoms with E-state index in [0.29, 0.717) is 42.3 Å². The Morgan fingerprint density at radius 2 is 2.06 bits per heavy atom. The average Bonchev–Trinajstić information content (AvgIpc) is 3.42. The van der Waals surface area contributed by atoms with Gasteiger partial charge in [-0.05, 0) is 71.2 Å². The highest BCUT2D eigenvalue weighted by atomic mass is 79.9. The zero-order valence-electron chi connectivity index (χ0n) is 19.2. The number of hydrogen-bond acceptors (Lipinski definition) is 8. The van der Waals surface area contributed by atoms with Crippen LogP contribution in [0.4, 0.5) is 0 Å². The van der Waals surface area contributed by atoms with Crippen LogP contribution in [0.25, 0.3) is 6.08 Å². The summed E-state index contributed by atoms with van der Waals surface area (Å²) in [5.41, 5.74) is 2.11. The quantitative estimate of drug-likeness (QED) is 0.448. The summed E-state index contributed by atoms with van der Waals surface area (Å²) in [5.74, 6) is 1.44. The number of carbonyl (C=O) groups excluding carboxylic acids is 1. The number of nitrogens with zero attached hydrogens (tertiary/aromatic N) is 2. The van der Waals surface area contributed by atoms with Crippen LogP contribution >= 0.6 is 27.3 Å². The van der Waals surface area contributed by atoms with Crippen molar-refractivity contribution in [1.29, 1.82) is 0 Å². The molecule has 0 bridgehead atoms. The second-order valence-electron chi connectivity index (χ2n) is 7.81. The molecular formula is C25H21BrN2O6S. The molecular weight excluding hydrogens is 536 g/mol. The third kappa shape index (κ3) is 4.17. The molecule has 1 aromatic heterocycles. The molecule has 0 saturated carbocycles. The van der Waals surface area contributed by atoms with Crippen LogP contribution < -0.4 is 29.1 Å². The van der Waals surface area contributed by atoms with Gasteiger partial charge in [0.15, 0.2) is 16.3 Å². The molecule has 0 saturated heterocycles. The molecule has 0 amide bonds. The molecule has 8 nitrogen and oxygen atoms in total. The van der Waals surface area contributed by atoms with E-state index in [9.17, 15) is 9.59 Å². The maximum Gasteiger partial charge on any atom is 0.338 e. The molecule has 0 fully saturated rings. The second-order valence-corrected chi connectivity index (χ2v) is 9.67. The minimum absolute atomic E-state index is 0.175. The van der Waals surface area contributed by atoms with Gasteiger partial charge in [0.2, 0.25) is 6.79 Å². The highest BCUT2D eigenvalue weighted by molar-refractivity contribution is 9.10. The van der Waals surface area contributed by atoms with E-state index in [-0.39, 0.29) is 19.0 Å². The minimum atomic E-state index is -0.702. The number of fused-ring (bicyclic) bond motifs is 2. The average molecular weight is 557 g/mol. The lowest BCUT2D eigenvalue weighted by Crippen LogP contribution is -2.39. The summed E-state index contributed by atoms with van der Waals surface area (Å²) in [6.07, 6.45) is 1.79. The summed E-state index contributed by atoms with van der Waals surface area (Å²) in [7, 11) is 1.58. The van der Waals surface area contributed by atoms with Crippen molar-refractivity contribution in [3.8, 4) is 17.2 Å². The second kappa shape index (κ2) is 9.35. The molecule has 3 heterocycles. The molecule has 2 aromatic carbocycles. The first-order chi connectivity index (χ1) is 16.9. The van der Waals surface area contributed by atoms with Crippen molar-refractivity contribution < 1.29 is 23.7 Å². The van der Waals surface area contributed by atoms with Crippen molar-refractivity contribution in [2.75, 3.05) is 20.5 Å². The Balaban J connectivity index is 1.70. The van der Waals surface area contributed by atoms with Crippen LogP contribution in [-0.2, 0) is 9.53 Å². The largest absolute Gasteiger partial charge is 0.496 e. The molecule has 0 N–H and O–H groups in total. The summed E-state index contributed by atoms with van der Waals surface area (Å²) >= 11 is 4.78. The first-order valence-electron chi connectivity index (χ1n) is 10.8. The molecule has 180 valence electrons. The number of allylic oxidation sites excluding steroid dienone is 1. The summed E-state index contributed by atoms with van der Waals surface area (Å²) < 4.78 is 24.3. The van der Waals surface area contributed by atoms with Crippen molar-refractivity contribution in [1.82, 2.24) is 4.57 Å². The lowest BCUT2D eigenvalue weighted by Gasteiger charge is -2.25. The smallest absolute Gasteiger partial charge is 0.338 e. The van der Waals surface area contributed by atoms with Crippen molar-refractivity contribution in [2.45, 2.75) is 19.9 Å². The van der Waals surface area contributed by atoms with E-state index < -0.39 is 12.0 Å². The van der Waals surface area contributed by atoms with E-state index in [1.54, 1.807) is 37.7 Å². The number of benzene rings is 2. The molecule has 3 aromatic rings. The molecule has 35 heavy (non-hydrogen) atoms. The van der Waals surface area contributed by atoms with Crippen molar-refractivity contribution in [3.05, 3.63) is 83.0 Å². The molecule has 2 aliphatic rings. The number of aromatic nitrogens is 1. The van der Waals surface area contributed by atoms with E-state index in [1.165, 1.54) is 11.3 Å². The van der Waals surface area contributed by atoms with E-state index in [4.69, 9.17) is 18.9 Å². The highest BCUT2D eigenvalue weighted by Gasteiger charge is 2.33. The van der Waals surface area contributed by atoms with Gasteiger partial charge in [-0.1, -0.05) is 23.5 Å². The molecule has 0 aliphatic carbocycles. The molecule has 0 spiro atoms. The molecule has 2 aliphatic heterocycles. The van der Waals surface area contributed by atoms with Gasteiger partial charge in [0, 0.05) is 0 Å². The Bertz CT molecular complexity index is 1550. The van der Waals surface area contributed by atoms with Gasteiger partial charge in [-0.25, -0.2) is 9.79 Å². The van der Waals surface area contributed by atoms with Gasteiger partial charge in [-0.3, -0.25) is 9.36 Å². The van der Waals surface area contributed by atoms with E-state index in [0.717, 1.165) is 11.1 Å². The Kier molecular flexibility index (Phi) is 6.24. The predicted octanol–water partition coefficient (Wildman–Crippen LogP) is 3.30. The van der Waals surface area contributed by atoms with E-state index >= 15 is 0 Å². The standard InChI is InChI=1S/C25H21BrN2O6S/c1-4-32-24(30)21-13(2)27-25-28(22(21)15-6-8-17(31-3)16(26)11-15)23(29)20(35-25)10-14-5-7-18-19(9-14)34-12-33-18/h5-11,22H,4,12H2,1-3H3/b20-10+/t22-/m1/s1. The fourth-order valence-electron chi connectivity index (χ4n) is 4.11. The number of hydrogen-bond donors (Lipinski definition) is 0. The van der Waals surface area contributed by atoms with Crippen LogP contribution in [0.2, 0.25) is 0 Å². The summed E-state index contributed by atoms with van der Waals surface area (Å²) in [5, 5.41) is 0. The molecule has 5 rings (SSSR count). The number of rotatable bonds is 5. The lowest BCUT2D eigenvalue weighted by molar-refractivity contribution is -0.139. The Hall–Kier alpha value is -3.37. The van der Waals surface area contributed by atoms with Gasteiger partial charge in [0.05, 0.1) is 40.0 Å². The van der Waals surface area contributed by atoms with Crippen LogP contribution in [0.5, 0.6) is 17.2 Å². The molecule has 1 atom stereocenters. The monoisotopic (exact) mass is 556 g/mol. The van der Waals surface area contributed by atoms with E-state index in [1.807, 2.05) is 30.3 Å². The van der Waals surface area contributed by atoms with Gasteiger partial charge in [0.1, 0.15) is 5.75 Å². The SMILES string of the molecule is CCOC(=O)C1=C(C)N=c2s/c(=C/c3ccc4c(c3)OCO4)c(=O)n2[C@@H]1c1ccc(OC)c(Br)c1. The number of carbonyl (C=O) groups is 1. The maximum absolute atomic E-state index is 13.7. The number of ether oxygens (including phenoxy) is 4. The van der Waals surface area contributed by atoms with Crippen molar-refractivity contribution >= 4 is 39.3 Å². The lowest BCUT2D eigenvalue weighted by atomic mass is 9.96. The van der Waals surface area contributed by atoms with Crippen molar-refractivity contribution in [3.63, 3.8) is 0 Å². The van der Waals surface area contributed by atoms with Gasteiger partial charge < -0.3 is 18.9 Å². The van der Waals surface area contributed by atoms with Crippen LogP contribution in [-0.4, -0.2) is 31.0 Å². The molecule has 0 radical (unpaired) electrons. The number of halogens is 1. The first-order valence-corrected chi connectivity index (χ1v) is 12.4. The third-order valence-electron chi connectivity index (χ3n) is 5.70. The zero-order valence-corrected chi connectivity index (χ0v) is 21.6. The Morgan fingerprint density at radius 1 is 1.26 bits per heavy atom. The van der Waals surface area contributed by atoms with E-state index in [2.05, 4.69) is 20.9 Å². The van der Waals surface area contributed by atoms with Crippen LogP contribution in [0, 0.1) is 0 Å². The van der Waals surface area contributed by atoms with Gasteiger partial charge in [0.25, 0.3) is 5.56 Å². The number of esters is 1. The van der Waals surface area contributed by atoms with Gasteiger partial charge in [-0.2, -0.15) is 0 Å². The van der Waals surface area contributed by atoms with Crippen LogP contribution in [0.1, 0.15) is 31.0 Å². The third-order valence-corrected chi connectivity index (χ3v) is 7.31. The van der Waals surface area contributed by atoms with Crippen LogP contribution in [0.15, 0.2) is 61.9 Å². The number of methoxy groups -OCH3 is 1.